The van der Waals surface area contributed by atoms with E-state index in [-0.39, 0.29) is 0 Å². The molecular weight excluding hydrogens is 553 g/mol. The molecule has 7 nitrogen and oxygen atoms in total. The van der Waals surface area contributed by atoms with E-state index in [9.17, 15) is 32.7 Å². The van der Waals surface area contributed by atoms with Crippen molar-refractivity contribution in [2.24, 2.45) is 0 Å². The number of carboxylic acids is 2. The summed E-state index contributed by atoms with van der Waals surface area (Å²) in [5.41, 5.74) is 3.47. The molecule has 0 aromatic heterocycles. The molecule has 0 saturated heterocycles. The maximum atomic E-state index is 12.2. The molecule has 0 aliphatic carbocycles. The molecule has 0 heterocycles. The van der Waals surface area contributed by atoms with Crippen molar-refractivity contribution in [1.82, 2.24) is 0 Å². The van der Waals surface area contributed by atoms with E-state index in [1.807, 2.05) is 43.3 Å². The van der Waals surface area contributed by atoms with Crippen molar-refractivity contribution >= 4 is 28.5 Å². The second kappa shape index (κ2) is 14.9. The number of fused-ring (bicyclic) bond motifs is 1. The van der Waals surface area contributed by atoms with Gasteiger partial charge in [-0.25, -0.2) is 9.59 Å². The van der Waals surface area contributed by atoms with Gasteiger partial charge in [-0.3, -0.25) is 4.79 Å². The maximum Gasteiger partial charge on any atom is 0.414 e. The fourth-order valence-electron chi connectivity index (χ4n) is 4.12. The SMILES string of the molecule is Cc1cc(C)c(C(=O)C(=O)O)c(C)c1.O=C(O)c1ccccc1.OC(CC(O)C(F)(F)F)c1ccc2ccccc2c1. The second-order valence-corrected chi connectivity index (χ2v) is 9.49. The Morgan fingerprint density at radius 3 is 1.74 bits per heavy atom. The van der Waals surface area contributed by atoms with Crippen LogP contribution in [0.25, 0.3) is 10.8 Å². The highest BCUT2D eigenvalue weighted by molar-refractivity contribution is 6.40. The van der Waals surface area contributed by atoms with Crippen LogP contribution in [-0.4, -0.2) is 50.4 Å². The number of aliphatic hydroxyl groups is 2. The first kappa shape index (κ1) is 33.7. The lowest BCUT2D eigenvalue weighted by atomic mass is 9.97. The number of Topliss-reactive ketones (excluding diaryl/α,β-unsaturated/α-hetero) is 1. The second-order valence-electron chi connectivity index (χ2n) is 9.49. The minimum atomic E-state index is -4.71. The molecule has 0 aliphatic heterocycles. The molecule has 0 bridgehead atoms. The molecule has 4 rings (SSSR count). The minimum absolute atomic E-state index is 0.308. The third kappa shape index (κ3) is 9.83. The van der Waals surface area contributed by atoms with E-state index < -0.39 is 42.5 Å². The number of halogens is 3. The highest BCUT2D eigenvalue weighted by atomic mass is 19.4. The molecule has 0 spiro atoms. The van der Waals surface area contributed by atoms with Gasteiger partial charge in [-0.15, -0.1) is 0 Å². The normalized spacial score (nSPS) is 12.2. The van der Waals surface area contributed by atoms with Gasteiger partial charge in [-0.05, 0) is 66.4 Å². The van der Waals surface area contributed by atoms with Gasteiger partial charge in [-0.1, -0.05) is 72.3 Å². The molecular formula is C32H31F3O7. The lowest BCUT2D eigenvalue weighted by Crippen LogP contribution is -2.30. The Labute approximate surface area is 240 Å². The number of rotatable bonds is 6. The van der Waals surface area contributed by atoms with Crippen molar-refractivity contribution in [3.63, 3.8) is 0 Å². The topological polar surface area (TPSA) is 132 Å². The van der Waals surface area contributed by atoms with E-state index in [0.717, 1.165) is 27.5 Å². The molecule has 4 aromatic carbocycles. The van der Waals surface area contributed by atoms with Crippen LogP contribution in [0, 0.1) is 20.8 Å². The van der Waals surface area contributed by atoms with Gasteiger partial charge in [0.15, 0.2) is 6.10 Å². The first-order valence-electron chi connectivity index (χ1n) is 12.7. The fraction of sp³-hybridized carbons (Fsp3) is 0.219. The van der Waals surface area contributed by atoms with Crippen LogP contribution in [0.4, 0.5) is 13.2 Å². The monoisotopic (exact) mass is 584 g/mol. The van der Waals surface area contributed by atoms with Gasteiger partial charge >= 0.3 is 18.1 Å². The van der Waals surface area contributed by atoms with Crippen molar-refractivity contribution in [2.45, 2.75) is 45.6 Å². The van der Waals surface area contributed by atoms with Gasteiger partial charge in [0.1, 0.15) is 0 Å². The third-order valence-electron chi connectivity index (χ3n) is 6.10. The number of carbonyl (C=O) groups is 3. The average molecular weight is 585 g/mol. The molecule has 0 saturated carbocycles. The largest absolute Gasteiger partial charge is 0.478 e. The number of alkyl halides is 3. The molecule has 222 valence electrons. The number of aliphatic hydroxyl groups excluding tert-OH is 2. The molecule has 10 heteroatoms. The molecule has 0 aliphatic rings. The summed E-state index contributed by atoms with van der Waals surface area (Å²) < 4.78 is 36.7. The maximum absolute atomic E-state index is 12.2. The van der Waals surface area contributed by atoms with E-state index in [0.29, 0.717) is 16.7 Å². The molecule has 2 atom stereocenters. The van der Waals surface area contributed by atoms with Crippen LogP contribution in [-0.2, 0) is 4.79 Å². The zero-order valence-electron chi connectivity index (χ0n) is 23.1. The number of aryl methyl sites for hydroxylation is 3. The Hall–Kier alpha value is -4.54. The summed E-state index contributed by atoms with van der Waals surface area (Å²) >= 11 is 0. The van der Waals surface area contributed by atoms with Gasteiger partial charge in [0, 0.05) is 12.0 Å². The Balaban J connectivity index is 0.000000235. The summed E-state index contributed by atoms with van der Waals surface area (Å²) in [7, 11) is 0. The van der Waals surface area contributed by atoms with Crippen molar-refractivity contribution in [1.29, 1.82) is 0 Å². The average Bonchev–Trinajstić information content (AvgIpc) is 2.92. The van der Waals surface area contributed by atoms with E-state index >= 15 is 0 Å². The van der Waals surface area contributed by atoms with Crippen molar-refractivity contribution in [3.8, 4) is 0 Å². The molecule has 42 heavy (non-hydrogen) atoms. The molecule has 4 aromatic rings. The fourth-order valence-corrected chi connectivity index (χ4v) is 4.12. The van der Waals surface area contributed by atoms with E-state index in [2.05, 4.69) is 0 Å². The van der Waals surface area contributed by atoms with Crippen LogP contribution in [0.2, 0.25) is 0 Å². The molecule has 0 radical (unpaired) electrons. The number of carboxylic acid groups (broad SMARTS) is 2. The number of carbonyl (C=O) groups excluding carboxylic acids is 1. The van der Waals surface area contributed by atoms with E-state index in [1.54, 1.807) is 62.4 Å². The van der Waals surface area contributed by atoms with Gasteiger partial charge in [-0.2, -0.15) is 13.2 Å². The predicted octanol–water partition coefficient (Wildman–Crippen LogP) is 6.45. The quantitative estimate of drug-likeness (QED) is 0.151. The highest BCUT2D eigenvalue weighted by Gasteiger charge is 2.39. The van der Waals surface area contributed by atoms with Crippen LogP contribution in [0.15, 0.2) is 84.9 Å². The van der Waals surface area contributed by atoms with E-state index in [1.165, 1.54) is 0 Å². The Kier molecular flexibility index (Phi) is 11.9. The van der Waals surface area contributed by atoms with Gasteiger partial charge in [0.2, 0.25) is 0 Å². The van der Waals surface area contributed by atoms with Gasteiger partial charge < -0.3 is 20.4 Å². The zero-order chi connectivity index (χ0) is 31.6. The number of hydrogen-bond acceptors (Lipinski definition) is 5. The summed E-state index contributed by atoms with van der Waals surface area (Å²) in [6.07, 6.45) is -9.34. The van der Waals surface area contributed by atoms with Crippen LogP contribution in [0.1, 0.15) is 55.5 Å². The zero-order valence-corrected chi connectivity index (χ0v) is 23.1. The molecule has 2 unspecified atom stereocenters. The predicted molar refractivity (Wildman–Crippen MR) is 152 cm³/mol. The van der Waals surface area contributed by atoms with Crippen molar-refractivity contribution in [3.05, 3.63) is 118 Å². The molecule has 0 amide bonds. The summed E-state index contributed by atoms with van der Waals surface area (Å²) in [5, 5.41) is 37.5. The Morgan fingerprint density at radius 2 is 1.26 bits per heavy atom. The summed E-state index contributed by atoms with van der Waals surface area (Å²) in [6, 6.07) is 24.2. The lowest BCUT2D eigenvalue weighted by molar-refractivity contribution is -0.211. The number of aliphatic carboxylic acids is 1. The minimum Gasteiger partial charge on any atom is -0.478 e. The number of aromatic carboxylic acids is 1. The Bertz CT molecular complexity index is 1510. The van der Waals surface area contributed by atoms with Crippen LogP contribution in [0.5, 0.6) is 0 Å². The van der Waals surface area contributed by atoms with E-state index in [4.69, 9.17) is 15.3 Å². The van der Waals surface area contributed by atoms with Crippen LogP contribution < -0.4 is 0 Å². The van der Waals surface area contributed by atoms with Crippen LogP contribution in [0.3, 0.4) is 0 Å². The first-order valence-corrected chi connectivity index (χ1v) is 12.7. The molecule has 4 N–H and O–H groups in total. The smallest absolute Gasteiger partial charge is 0.414 e. The summed E-state index contributed by atoms with van der Waals surface area (Å²) in [4.78, 5) is 32.0. The summed E-state index contributed by atoms with van der Waals surface area (Å²) in [6.45, 7) is 5.40. The third-order valence-corrected chi connectivity index (χ3v) is 6.10. The first-order chi connectivity index (χ1) is 19.6. The number of hydrogen-bond donors (Lipinski definition) is 4. The highest BCUT2D eigenvalue weighted by Crippen LogP contribution is 2.29. The van der Waals surface area contributed by atoms with Gasteiger partial charge in [0.05, 0.1) is 11.7 Å². The van der Waals surface area contributed by atoms with Gasteiger partial charge in [0.25, 0.3) is 5.78 Å². The Morgan fingerprint density at radius 1 is 0.738 bits per heavy atom. The van der Waals surface area contributed by atoms with Crippen molar-refractivity contribution < 1.29 is 48.0 Å². The molecule has 0 fully saturated rings. The summed E-state index contributed by atoms with van der Waals surface area (Å²) in [5.74, 6) is -3.12. The number of ketones is 1. The number of benzene rings is 4. The van der Waals surface area contributed by atoms with Crippen LogP contribution >= 0.6 is 0 Å². The standard InChI is InChI=1S/C14H13F3O2.C11H12O3.C7H6O2/c15-14(16,17)13(19)8-12(18)11-6-5-9-3-1-2-4-10(9)7-11;1-6-4-7(2)9(8(3)5-6)10(12)11(13)14;8-7(9)6-4-2-1-3-5-6/h1-7,12-13,18-19H,8H2;4-5H,1-3H3,(H,13,14);1-5H,(H,8,9). The lowest BCUT2D eigenvalue weighted by Gasteiger charge is -2.18. The van der Waals surface area contributed by atoms with Crippen molar-refractivity contribution in [2.75, 3.05) is 0 Å².